The molecule has 9 heteroatoms. The van der Waals surface area contributed by atoms with E-state index < -0.39 is 17.8 Å². The largest absolute Gasteiger partial charge is 0.426 e. The summed E-state index contributed by atoms with van der Waals surface area (Å²) in [7, 11) is 0. The first-order valence-electron chi connectivity index (χ1n) is 9.58. The molecule has 2 amide bonds. The average molecular weight is 425 g/mol. The molecule has 0 saturated heterocycles. The fourth-order valence-electron chi connectivity index (χ4n) is 2.30. The maximum absolute atomic E-state index is 12.2. The van der Waals surface area contributed by atoms with E-state index in [9.17, 15) is 19.2 Å². The molecule has 2 aromatic carbocycles. The van der Waals surface area contributed by atoms with Crippen molar-refractivity contribution in [2.75, 3.05) is 5.32 Å². The molecule has 0 bridgehead atoms. The van der Waals surface area contributed by atoms with Gasteiger partial charge in [-0.2, -0.15) is 5.10 Å². The van der Waals surface area contributed by atoms with Gasteiger partial charge < -0.3 is 14.8 Å². The summed E-state index contributed by atoms with van der Waals surface area (Å²) >= 11 is 0. The van der Waals surface area contributed by atoms with E-state index in [1.54, 1.807) is 44.2 Å². The van der Waals surface area contributed by atoms with Crippen LogP contribution in [0.5, 0.6) is 11.5 Å². The summed E-state index contributed by atoms with van der Waals surface area (Å²) in [5.74, 6) is -1.21. The Morgan fingerprint density at radius 3 is 2.19 bits per heavy atom. The van der Waals surface area contributed by atoms with Gasteiger partial charge >= 0.3 is 11.9 Å². The Hall–Kier alpha value is -4.01. The second kappa shape index (κ2) is 11.2. The number of benzene rings is 2. The maximum Gasteiger partial charge on any atom is 0.310 e. The first-order chi connectivity index (χ1) is 14.8. The number of hydrogen-bond donors (Lipinski definition) is 2. The minimum absolute atomic E-state index is 0.144. The van der Waals surface area contributed by atoms with Crippen LogP contribution >= 0.6 is 0 Å². The number of carbonyl (C=O) groups excluding carboxylic acids is 4. The van der Waals surface area contributed by atoms with Crippen molar-refractivity contribution in [2.24, 2.45) is 5.10 Å². The molecular formula is C22H23N3O6. The van der Waals surface area contributed by atoms with Crippen LogP contribution in [0, 0.1) is 0 Å². The van der Waals surface area contributed by atoms with Crippen molar-refractivity contribution in [1.29, 1.82) is 0 Å². The highest BCUT2D eigenvalue weighted by atomic mass is 16.5. The lowest BCUT2D eigenvalue weighted by Gasteiger charge is -2.09. The van der Waals surface area contributed by atoms with Gasteiger partial charge in [-0.25, -0.2) is 5.43 Å². The Balaban J connectivity index is 2.12. The summed E-state index contributed by atoms with van der Waals surface area (Å²) in [4.78, 5) is 46.5. The van der Waals surface area contributed by atoms with Crippen LogP contribution in [-0.2, 0) is 14.4 Å². The molecule has 162 valence electrons. The molecule has 2 rings (SSSR count). The van der Waals surface area contributed by atoms with Gasteiger partial charge in [-0.05, 0) is 36.4 Å². The summed E-state index contributed by atoms with van der Waals surface area (Å²) in [6, 6.07) is 10.8. The third-order valence-electron chi connectivity index (χ3n) is 3.86. The third-order valence-corrected chi connectivity index (χ3v) is 3.86. The van der Waals surface area contributed by atoms with Crippen LogP contribution in [-0.4, -0.2) is 30.0 Å². The van der Waals surface area contributed by atoms with E-state index in [1.807, 2.05) is 0 Å². The Kier molecular flexibility index (Phi) is 8.44. The maximum atomic E-state index is 12.2. The number of hydrazone groups is 1. The quantitative estimate of drug-likeness (QED) is 0.290. The number of esters is 2. The molecule has 2 N–H and O–H groups in total. The minimum Gasteiger partial charge on any atom is -0.426 e. The van der Waals surface area contributed by atoms with Crippen molar-refractivity contribution in [2.45, 2.75) is 33.6 Å². The van der Waals surface area contributed by atoms with Crippen LogP contribution in [0.15, 0.2) is 47.6 Å². The molecule has 0 atom stereocenters. The Morgan fingerprint density at radius 1 is 0.935 bits per heavy atom. The van der Waals surface area contributed by atoms with Crippen molar-refractivity contribution < 1.29 is 28.7 Å². The van der Waals surface area contributed by atoms with Crippen LogP contribution < -0.4 is 20.2 Å². The molecule has 0 heterocycles. The van der Waals surface area contributed by atoms with Crippen LogP contribution in [0.1, 0.15) is 49.5 Å². The number of nitrogens with zero attached hydrogens (tertiary/aromatic N) is 1. The molecule has 0 aliphatic heterocycles. The molecule has 0 radical (unpaired) electrons. The van der Waals surface area contributed by atoms with Crippen molar-refractivity contribution in [3.8, 4) is 11.5 Å². The SMILES string of the molecule is CCC(=O)Oc1ccc(/C=N/NC(=O)c2ccc(NC(C)=O)cc2)c(OC(=O)CC)c1. The second-order valence-corrected chi connectivity index (χ2v) is 6.31. The zero-order valence-electron chi connectivity index (χ0n) is 17.4. The second-order valence-electron chi connectivity index (χ2n) is 6.31. The van der Waals surface area contributed by atoms with Crippen LogP contribution in [0.3, 0.4) is 0 Å². The molecule has 31 heavy (non-hydrogen) atoms. The van der Waals surface area contributed by atoms with Crippen molar-refractivity contribution in [1.82, 2.24) is 5.43 Å². The number of anilines is 1. The number of ether oxygens (including phenoxy) is 2. The first kappa shape index (κ1) is 23.3. The zero-order chi connectivity index (χ0) is 22.8. The highest BCUT2D eigenvalue weighted by molar-refractivity contribution is 5.96. The van der Waals surface area contributed by atoms with E-state index in [0.29, 0.717) is 16.8 Å². The number of hydrogen-bond acceptors (Lipinski definition) is 7. The number of carbonyl (C=O) groups is 4. The number of nitrogens with one attached hydrogen (secondary N) is 2. The van der Waals surface area contributed by atoms with E-state index in [1.165, 1.54) is 25.3 Å². The lowest BCUT2D eigenvalue weighted by molar-refractivity contribution is -0.134. The molecule has 0 saturated carbocycles. The molecule has 2 aromatic rings. The fraction of sp³-hybridized carbons (Fsp3) is 0.227. The van der Waals surface area contributed by atoms with E-state index in [0.717, 1.165) is 0 Å². The van der Waals surface area contributed by atoms with Gasteiger partial charge in [-0.1, -0.05) is 13.8 Å². The lowest BCUT2D eigenvalue weighted by Crippen LogP contribution is -2.18. The summed E-state index contributed by atoms with van der Waals surface area (Å²) < 4.78 is 10.4. The first-order valence-corrected chi connectivity index (χ1v) is 9.58. The van der Waals surface area contributed by atoms with Crippen molar-refractivity contribution in [3.63, 3.8) is 0 Å². The van der Waals surface area contributed by atoms with Gasteiger partial charge in [0.05, 0.1) is 6.21 Å². The predicted molar refractivity (Wildman–Crippen MR) is 114 cm³/mol. The van der Waals surface area contributed by atoms with E-state index in [-0.39, 0.29) is 30.2 Å². The van der Waals surface area contributed by atoms with Gasteiger partial charge in [-0.15, -0.1) is 0 Å². The summed E-state index contributed by atoms with van der Waals surface area (Å²) in [6.07, 6.45) is 1.67. The highest BCUT2D eigenvalue weighted by Crippen LogP contribution is 2.24. The zero-order valence-corrected chi connectivity index (χ0v) is 17.4. The van der Waals surface area contributed by atoms with Gasteiger partial charge in [0.25, 0.3) is 5.91 Å². The van der Waals surface area contributed by atoms with Crippen LogP contribution in [0.25, 0.3) is 0 Å². The molecule has 0 aromatic heterocycles. The summed E-state index contributed by atoms with van der Waals surface area (Å²) in [5.41, 5.74) is 3.68. The Labute approximate surface area is 179 Å². The van der Waals surface area contributed by atoms with Crippen molar-refractivity contribution >= 4 is 35.7 Å². The van der Waals surface area contributed by atoms with Gasteiger partial charge in [0.15, 0.2) is 0 Å². The van der Waals surface area contributed by atoms with E-state index in [2.05, 4.69) is 15.8 Å². The molecule has 0 unspecified atom stereocenters. The smallest absolute Gasteiger partial charge is 0.310 e. The van der Waals surface area contributed by atoms with Gasteiger partial charge in [0.1, 0.15) is 11.5 Å². The van der Waals surface area contributed by atoms with Gasteiger partial charge in [0.2, 0.25) is 5.91 Å². The van der Waals surface area contributed by atoms with Crippen LogP contribution in [0.2, 0.25) is 0 Å². The molecule has 0 aliphatic rings. The average Bonchev–Trinajstić information content (AvgIpc) is 2.75. The van der Waals surface area contributed by atoms with Gasteiger partial charge in [0, 0.05) is 42.6 Å². The number of amides is 2. The van der Waals surface area contributed by atoms with Crippen LogP contribution in [0.4, 0.5) is 5.69 Å². The van der Waals surface area contributed by atoms with E-state index >= 15 is 0 Å². The normalized spacial score (nSPS) is 10.4. The Morgan fingerprint density at radius 2 is 1.58 bits per heavy atom. The Bertz CT molecular complexity index is 999. The molecule has 0 spiro atoms. The minimum atomic E-state index is -0.475. The molecule has 9 nitrogen and oxygen atoms in total. The molecular weight excluding hydrogens is 402 g/mol. The molecule has 0 fully saturated rings. The summed E-state index contributed by atoms with van der Waals surface area (Å²) in [6.45, 7) is 4.70. The van der Waals surface area contributed by atoms with Crippen molar-refractivity contribution in [3.05, 3.63) is 53.6 Å². The highest BCUT2D eigenvalue weighted by Gasteiger charge is 2.11. The fourth-order valence-corrected chi connectivity index (χ4v) is 2.30. The standard InChI is InChI=1S/C22H23N3O6/c1-4-20(27)30-18-11-8-16(19(12-18)31-21(28)5-2)13-23-25-22(29)15-6-9-17(10-7-15)24-14(3)26/h6-13H,4-5H2,1-3H3,(H,24,26)(H,25,29)/b23-13+. The topological polar surface area (TPSA) is 123 Å². The molecule has 0 aliphatic carbocycles. The van der Waals surface area contributed by atoms with Gasteiger partial charge in [-0.3, -0.25) is 19.2 Å². The summed E-state index contributed by atoms with van der Waals surface area (Å²) in [5, 5.41) is 6.51. The monoisotopic (exact) mass is 425 g/mol. The lowest BCUT2D eigenvalue weighted by atomic mass is 10.2. The number of rotatable bonds is 8. The third kappa shape index (κ3) is 7.39. The predicted octanol–water partition coefficient (Wildman–Crippen LogP) is 3.04. The van der Waals surface area contributed by atoms with E-state index in [4.69, 9.17) is 9.47 Å².